The van der Waals surface area contributed by atoms with Crippen LogP contribution in [0.15, 0.2) is 36.4 Å². The average molecular weight is 394 g/mol. The Morgan fingerprint density at radius 2 is 1.78 bits per heavy atom. The van der Waals surface area contributed by atoms with E-state index in [1.165, 1.54) is 17.0 Å². The van der Waals surface area contributed by atoms with E-state index in [1.807, 2.05) is 30.0 Å². The molecule has 144 valence electrons. The second kappa shape index (κ2) is 7.76. The molecule has 1 aliphatic rings. The molecule has 1 aliphatic heterocycles. The fourth-order valence-corrected chi connectivity index (χ4v) is 3.88. The molecular weight excluding hydrogens is 373 g/mol. The molecular formula is C20H21F3N2OS. The average Bonchev–Trinajstić information content (AvgIpc) is 3.04. The van der Waals surface area contributed by atoms with Gasteiger partial charge in [-0.2, -0.15) is 13.2 Å². The molecule has 1 amide bonds. The molecule has 0 bridgehead atoms. The second-order valence-electron chi connectivity index (χ2n) is 6.59. The summed E-state index contributed by atoms with van der Waals surface area (Å²) in [4.78, 5) is 18.2. The zero-order valence-electron chi connectivity index (χ0n) is 15.2. The van der Waals surface area contributed by atoms with E-state index in [0.29, 0.717) is 31.9 Å². The number of benzene rings is 1. The lowest BCUT2D eigenvalue weighted by atomic mass is 10.1. The van der Waals surface area contributed by atoms with Gasteiger partial charge in [-0.25, -0.2) is 0 Å². The number of aryl methyl sites for hydroxylation is 2. The minimum Gasteiger partial charge on any atom is -0.368 e. The molecule has 0 N–H and O–H groups in total. The maximum Gasteiger partial charge on any atom is 0.416 e. The maximum atomic E-state index is 13.0. The highest BCUT2D eigenvalue weighted by Crippen LogP contribution is 2.33. The summed E-state index contributed by atoms with van der Waals surface area (Å²) in [6.45, 7) is 5.82. The van der Waals surface area contributed by atoms with Crippen molar-refractivity contribution in [2.75, 3.05) is 31.1 Å². The predicted octanol–water partition coefficient (Wildman–Crippen LogP) is 4.75. The number of hydrogen-bond donors (Lipinski definition) is 0. The van der Waals surface area contributed by atoms with Crippen molar-refractivity contribution in [3.63, 3.8) is 0 Å². The number of amides is 1. The number of hydrogen-bond acceptors (Lipinski definition) is 3. The highest BCUT2D eigenvalue weighted by molar-refractivity contribution is 7.12. The van der Waals surface area contributed by atoms with Gasteiger partial charge in [0.1, 0.15) is 0 Å². The second-order valence-corrected chi connectivity index (χ2v) is 7.91. The number of alkyl halides is 3. The normalized spacial score (nSPS) is 15.6. The van der Waals surface area contributed by atoms with Gasteiger partial charge in [0.05, 0.1) is 5.56 Å². The van der Waals surface area contributed by atoms with E-state index in [1.54, 1.807) is 29.2 Å². The van der Waals surface area contributed by atoms with Crippen molar-refractivity contribution in [2.45, 2.75) is 20.0 Å². The number of nitrogens with zero attached hydrogens (tertiary/aromatic N) is 2. The number of carbonyl (C=O) groups excluding carboxylic acids is 1. The van der Waals surface area contributed by atoms with E-state index in [4.69, 9.17) is 0 Å². The summed E-state index contributed by atoms with van der Waals surface area (Å²) in [5, 5.41) is 0. The van der Waals surface area contributed by atoms with Gasteiger partial charge in [-0.15, -0.1) is 11.3 Å². The molecule has 0 radical (unpaired) electrons. The van der Waals surface area contributed by atoms with Crippen LogP contribution in [0, 0.1) is 13.8 Å². The summed E-state index contributed by atoms with van der Waals surface area (Å²) in [5.41, 5.74) is 0.744. The molecule has 27 heavy (non-hydrogen) atoms. The molecule has 0 unspecified atom stereocenters. The molecule has 1 fully saturated rings. The first-order valence-electron chi connectivity index (χ1n) is 8.70. The van der Waals surface area contributed by atoms with Crippen molar-refractivity contribution < 1.29 is 18.0 Å². The number of piperazine rings is 1. The van der Waals surface area contributed by atoms with Crippen molar-refractivity contribution in [3.8, 4) is 0 Å². The third kappa shape index (κ3) is 4.71. The van der Waals surface area contributed by atoms with Gasteiger partial charge < -0.3 is 9.80 Å². The van der Waals surface area contributed by atoms with Gasteiger partial charge in [0.2, 0.25) is 5.91 Å². The predicted molar refractivity (Wildman–Crippen MR) is 103 cm³/mol. The van der Waals surface area contributed by atoms with Crippen molar-refractivity contribution >= 4 is 29.0 Å². The summed E-state index contributed by atoms with van der Waals surface area (Å²) in [5.74, 6) is -0.0681. The van der Waals surface area contributed by atoms with Crippen molar-refractivity contribution in [3.05, 3.63) is 57.3 Å². The van der Waals surface area contributed by atoms with E-state index in [9.17, 15) is 18.0 Å². The quantitative estimate of drug-likeness (QED) is 0.702. The molecule has 7 heteroatoms. The molecule has 1 saturated heterocycles. The van der Waals surface area contributed by atoms with Gasteiger partial charge in [0.25, 0.3) is 0 Å². The van der Waals surface area contributed by atoms with Crippen LogP contribution >= 0.6 is 11.3 Å². The Morgan fingerprint density at radius 1 is 1.07 bits per heavy atom. The molecule has 3 nitrogen and oxygen atoms in total. The zero-order valence-corrected chi connectivity index (χ0v) is 16.0. The molecule has 3 rings (SSSR count). The first-order valence-corrected chi connectivity index (χ1v) is 9.52. The van der Waals surface area contributed by atoms with Crippen LogP contribution in [0.25, 0.3) is 6.08 Å². The Kier molecular flexibility index (Phi) is 5.60. The standard InChI is InChI=1S/C20H21F3N2OS/c1-14-3-5-16(20(21,22)23)13-18(14)24-9-11-25(12-10-24)19(26)8-7-17-6-4-15(2)27-17/h3-8,13H,9-12H2,1-2H3/b8-7-. The Morgan fingerprint density at radius 3 is 2.37 bits per heavy atom. The van der Waals surface area contributed by atoms with Crippen LogP contribution < -0.4 is 4.90 Å². The van der Waals surface area contributed by atoms with Crippen LogP contribution in [0.1, 0.15) is 20.9 Å². The van der Waals surface area contributed by atoms with Gasteiger partial charge in [0, 0.05) is 47.7 Å². The smallest absolute Gasteiger partial charge is 0.368 e. The Hall–Kier alpha value is -2.28. The van der Waals surface area contributed by atoms with Crippen LogP contribution in [0.2, 0.25) is 0 Å². The minimum atomic E-state index is -4.36. The van der Waals surface area contributed by atoms with E-state index in [0.717, 1.165) is 16.5 Å². The minimum absolute atomic E-state index is 0.0681. The highest BCUT2D eigenvalue weighted by atomic mass is 32.1. The highest BCUT2D eigenvalue weighted by Gasteiger charge is 2.31. The number of rotatable bonds is 3. The van der Waals surface area contributed by atoms with Crippen molar-refractivity contribution in [1.29, 1.82) is 0 Å². The SMILES string of the molecule is Cc1ccc(/C=C\C(=O)N2CCN(c3cc(C(F)(F)F)ccc3C)CC2)s1. The van der Waals surface area contributed by atoms with Gasteiger partial charge in [-0.3, -0.25) is 4.79 Å². The lowest BCUT2D eigenvalue weighted by molar-refractivity contribution is -0.137. The molecule has 0 spiro atoms. The molecule has 1 aromatic heterocycles. The van der Waals surface area contributed by atoms with Crippen molar-refractivity contribution in [2.24, 2.45) is 0 Å². The Balaban J connectivity index is 1.63. The Labute approximate surface area is 160 Å². The first kappa shape index (κ1) is 19.5. The molecule has 2 heterocycles. The fourth-order valence-electron chi connectivity index (χ4n) is 3.10. The van der Waals surface area contributed by atoms with Crippen LogP contribution in [-0.4, -0.2) is 37.0 Å². The van der Waals surface area contributed by atoms with E-state index >= 15 is 0 Å². The summed E-state index contributed by atoms with van der Waals surface area (Å²) in [6, 6.07) is 7.78. The zero-order chi connectivity index (χ0) is 19.6. The van der Waals surface area contributed by atoms with E-state index < -0.39 is 11.7 Å². The lowest BCUT2D eigenvalue weighted by Gasteiger charge is -2.36. The van der Waals surface area contributed by atoms with Gasteiger partial charge >= 0.3 is 6.18 Å². The summed E-state index contributed by atoms with van der Waals surface area (Å²) >= 11 is 1.62. The first-order chi connectivity index (χ1) is 12.7. The van der Waals surface area contributed by atoms with Crippen LogP contribution in [0.4, 0.5) is 18.9 Å². The van der Waals surface area contributed by atoms with Crippen molar-refractivity contribution in [1.82, 2.24) is 4.90 Å². The molecule has 2 aromatic rings. The molecule has 0 aliphatic carbocycles. The molecule has 1 aromatic carbocycles. The summed E-state index contributed by atoms with van der Waals surface area (Å²) in [7, 11) is 0. The summed E-state index contributed by atoms with van der Waals surface area (Å²) in [6.07, 6.45) is -0.981. The number of anilines is 1. The van der Waals surface area contributed by atoms with Crippen LogP contribution in [-0.2, 0) is 11.0 Å². The van der Waals surface area contributed by atoms with Crippen LogP contribution in [0.3, 0.4) is 0 Å². The number of carbonyl (C=O) groups is 1. The van der Waals surface area contributed by atoms with E-state index in [2.05, 4.69) is 0 Å². The molecule has 0 saturated carbocycles. The summed E-state index contributed by atoms with van der Waals surface area (Å²) < 4.78 is 38.9. The third-order valence-corrected chi connectivity index (χ3v) is 5.59. The van der Waals surface area contributed by atoms with Gasteiger partial charge in [0.15, 0.2) is 0 Å². The monoisotopic (exact) mass is 394 g/mol. The molecule has 0 atom stereocenters. The number of thiophene rings is 1. The Bertz CT molecular complexity index is 849. The lowest BCUT2D eigenvalue weighted by Crippen LogP contribution is -2.48. The topological polar surface area (TPSA) is 23.6 Å². The van der Waals surface area contributed by atoms with E-state index in [-0.39, 0.29) is 5.91 Å². The van der Waals surface area contributed by atoms with Crippen LogP contribution in [0.5, 0.6) is 0 Å². The maximum absolute atomic E-state index is 13.0. The fraction of sp³-hybridized carbons (Fsp3) is 0.350. The third-order valence-electron chi connectivity index (χ3n) is 4.62. The largest absolute Gasteiger partial charge is 0.416 e. The van der Waals surface area contributed by atoms with Gasteiger partial charge in [-0.05, 0) is 49.8 Å². The van der Waals surface area contributed by atoms with Gasteiger partial charge in [-0.1, -0.05) is 6.07 Å². The number of halogens is 3.